The topological polar surface area (TPSA) is 76.8 Å². The van der Waals surface area contributed by atoms with Crippen LogP contribution in [-0.2, 0) is 17.4 Å². The van der Waals surface area contributed by atoms with Crippen molar-refractivity contribution in [2.75, 3.05) is 16.4 Å². The van der Waals surface area contributed by atoms with Gasteiger partial charge in [0, 0.05) is 5.69 Å². The highest BCUT2D eigenvalue weighted by Gasteiger charge is 2.59. The van der Waals surface area contributed by atoms with Gasteiger partial charge in [0.15, 0.2) is 5.11 Å². The van der Waals surface area contributed by atoms with Gasteiger partial charge in [-0.25, -0.2) is 0 Å². The van der Waals surface area contributed by atoms with Gasteiger partial charge in [-0.05, 0) is 86.3 Å². The molecule has 3 aliphatic rings. The van der Waals surface area contributed by atoms with E-state index in [0.29, 0.717) is 37.1 Å². The van der Waals surface area contributed by atoms with Crippen molar-refractivity contribution in [3.63, 3.8) is 0 Å². The van der Waals surface area contributed by atoms with Gasteiger partial charge < -0.3 is 14.7 Å². The van der Waals surface area contributed by atoms with Crippen LogP contribution in [0.25, 0.3) is 0 Å². The van der Waals surface area contributed by atoms with Crippen LogP contribution in [0.15, 0.2) is 36.4 Å². The van der Waals surface area contributed by atoms with Gasteiger partial charge in [-0.1, -0.05) is 0 Å². The maximum absolute atomic E-state index is 13.6. The van der Waals surface area contributed by atoms with Gasteiger partial charge in [0.25, 0.3) is 5.91 Å². The third-order valence-corrected chi connectivity index (χ3v) is 7.18. The van der Waals surface area contributed by atoms with Gasteiger partial charge >= 0.3 is 6.18 Å². The molecule has 1 spiro atoms. The van der Waals surface area contributed by atoms with Crippen molar-refractivity contribution in [3.05, 3.63) is 53.1 Å². The van der Waals surface area contributed by atoms with Crippen LogP contribution in [0.5, 0.6) is 5.75 Å². The molecule has 2 aliphatic heterocycles. The number of hydrogen-bond donors (Lipinski definition) is 1. The molecule has 1 amide bonds. The van der Waals surface area contributed by atoms with Crippen molar-refractivity contribution in [1.82, 2.24) is 0 Å². The number of halogens is 3. The molecule has 1 saturated heterocycles. The van der Waals surface area contributed by atoms with E-state index in [4.69, 9.17) is 22.2 Å². The molecule has 1 saturated carbocycles. The number of aliphatic hydroxyl groups excluding tert-OH is 1. The van der Waals surface area contributed by atoms with Crippen molar-refractivity contribution in [2.24, 2.45) is 0 Å². The monoisotopic (exact) mass is 487 g/mol. The smallest absolute Gasteiger partial charge is 0.417 e. The molecule has 1 N–H and O–H groups in total. The summed E-state index contributed by atoms with van der Waals surface area (Å²) in [5.74, 6) is 0.294. The number of aryl methyl sites for hydroxylation is 1. The van der Waals surface area contributed by atoms with Gasteiger partial charge in [-0.2, -0.15) is 18.4 Å². The molecule has 2 aromatic carbocycles. The van der Waals surface area contributed by atoms with Gasteiger partial charge in [0.1, 0.15) is 17.4 Å². The van der Waals surface area contributed by atoms with Crippen LogP contribution in [0.2, 0.25) is 0 Å². The van der Waals surface area contributed by atoms with E-state index in [1.54, 1.807) is 23.1 Å². The molecule has 0 aromatic heterocycles. The average molecular weight is 488 g/mol. The summed E-state index contributed by atoms with van der Waals surface area (Å²) in [6.45, 7) is -0.0749. The SMILES string of the molecule is N#Cc1ccc(N2C(=O)C3(CCC3)N(c3ccc4c(c3)CC[C@@H](CO)O4)C2=S)cc1C(F)(F)F. The van der Waals surface area contributed by atoms with Crippen LogP contribution >= 0.6 is 12.2 Å². The van der Waals surface area contributed by atoms with Crippen LogP contribution < -0.4 is 14.5 Å². The predicted octanol–water partition coefficient (Wildman–Crippen LogP) is 4.32. The standard InChI is InChI=1S/C24H20F3N3O3S/c25-24(26,27)19-11-16(4-2-15(19)12-28)29-21(32)23(8-1-9-23)30(22(29)34)17-5-7-20-14(10-17)3-6-18(13-31)33-20/h2,4-5,7,10-11,18,31H,1,3,6,8-9,13H2/t18-/m0/s1. The van der Waals surface area contributed by atoms with E-state index in [1.165, 1.54) is 6.07 Å². The molecule has 1 atom stereocenters. The van der Waals surface area contributed by atoms with Crippen molar-refractivity contribution >= 4 is 34.6 Å². The molecule has 176 valence electrons. The molecular weight excluding hydrogens is 467 g/mol. The van der Waals surface area contributed by atoms with Crippen LogP contribution in [0.4, 0.5) is 24.5 Å². The van der Waals surface area contributed by atoms with E-state index in [2.05, 4.69) is 0 Å². The zero-order chi connectivity index (χ0) is 24.3. The molecular formula is C24H20F3N3O3S. The first-order valence-corrected chi connectivity index (χ1v) is 11.3. The number of amides is 1. The molecule has 2 fully saturated rings. The zero-order valence-corrected chi connectivity index (χ0v) is 18.7. The number of nitrogens with zero attached hydrogens (tertiary/aromatic N) is 3. The first kappa shape index (κ1) is 22.6. The van der Waals surface area contributed by atoms with E-state index in [-0.39, 0.29) is 29.4 Å². The lowest BCUT2D eigenvalue weighted by molar-refractivity contribution is -0.137. The van der Waals surface area contributed by atoms with Crippen molar-refractivity contribution in [3.8, 4) is 11.8 Å². The highest BCUT2D eigenvalue weighted by molar-refractivity contribution is 7.81. The number of rotatable bonds is 3. The lowest BCUT2D eigenvalue weighted by atomic mass is 9.75. The summed E-state index contributed by atoms with van der Waals surface area (Å²) in [5.41, 5.74) is -0.977. The maximum Gasteiger partial charge on any atom is 0.417 e. The summed E-state index contributed by atoms with van der Waals surface area (Å²) < 4.78 is 46.5. The zero-order valence-electron chi connectivity index (χ0n) is 17.9. The second-order valence-electron chi connectivity index (χ2n) is 8.74. The Morgan fingerprint density at radius 3 is 2.56 bits per heavy atom. The summed E-state index contributed by atoms with van der Waals surface area (Å²) in [5, 5.41) is 18.6. The number of carbonyl (C=O) groups excluding carboxylic acids is 1. The lowest BCUT2D eigenvalue weighted by Crippen LogP contribution is -2.55. The fourth-order valence-corrected chi connectivity index (χ4v) is 5.38. The number of alkyl halides is 3. The van der Waals surface area contributed by atoms with Crippen LogP contribution in [-0.4, -0.2) is 34.4 Å². The summed E-state index contributed by atoms with van der Waals surface area (Å²) in [4.78, 5) is 16.5. The molecule has 2 aromatic rings. The average Bonchev–Trinajstić information content (AvgIpc) is 3.04. The highest BCUT2D eigenvalue weighted by atomic mass is 32.1. The Hall–Kier alpha value is -3.16. The molecule has 0 radical (unpaired) electrons. The first-order valence-electron chi connectivity index (χ1n) is 10.9. The number of anilines is 2. The largest absolute Gasteiger partial charge is 0.488 e. The van der Waals surface area contributed by atoms with E-state index in [9.17, 15) is 23.1 Å². The minimum atomic E-state index is -4.75. The molecule has 6 nitrogen and oxygen atoms in total. The quantitative estimate of drug-likeness (QED) is 0.650. The number of fused-ring (bicyclic) bond motifs is 1. The van der Waals surface area contributed by atoms with Crippen molar-refractivity contribution in [2.45, 2.75) is 49.9 Å². The van der Waals surface area contributed by atoms with Crippen molar-refractivity contribution in [1.29, 1.82) is 5.26 Å². The molecule has 2 heterocycles. The number of nitriles is 1. The Morgan fingerprint density at radius 2 is 1.94 bits per heavy atom. The van der Waals surface area contributed by atoms with Crippen molar-refractivity contribution < 1.29 is 27.8 Å². The number of hydrogen-bond acceptors (Lipinski definition) is 5. The Labute approximate surface area is 199 Å². The Bertz CT molecular complexity index is 1240. The van der Waals surface area contributed by atoms with E-state index in [1.807, 2.05) is 6.07 Å². The van der Waals surface area contributed by atoms with E-state index >= 15 is 0 Å². The Balaban J connectivity index is 1.55. The number of thiocarbonyl (C=S) groups is 1. The molecule has 1 aliphatic carbocycles. The summed E-state index contributed by atoms with van der Waals surface area (Å²) in [6.07, 6.45) is -1.81. The third-order valence-electron chi connectivity index (χ3n) is 6.81. The van der Waals surface area contributed by atoms with Crippen LogP contribution in [0.3, 0.4) is 0 Å². The minimum absolute atomic E-state index is 0.0119. The fourth-order valence-electron chi connectivity index (χ4n) is 4.91. The lowest BCUT2D eigenvalue weighted by Gasteiger charge is -2.43. The highest BCUT2D eigenvalue weighted by Crippen LogP contribution is 2.49. The number of aliphatic hydroxyl groups is 1. The predicted molar refractivity (Wildman–Crippen MR) is 122 cm³/mol. The molecule has 0 bridgehead atoms. The van der Waals surface area contributed by atoms with Gasteiger partial charge in [-0.15, -0.1) is 0 Å². The molecule has 5 rings (SSSR count). The second kappa shape index (κ2) is 7.96. The molecule has 34 heavy (non-hydrogen) atoms. The Kier molecular flexibility index (Phi) is 5.30. The third kappa shape index (κ3) is 3.34. The molecule has 0 unspecified atom stereocenters. The summed E-state index contributed by atoms with van der Waals surface area (Å²) in [7, 11) is 0. The van der Waals surface area contributed by atoms with Crippen LogP contribution in [0.1, 0.15) is 42.4 Å². The molecule has 10 heteroatoms. The van der Waals surface area contributed by atoms with Gasteiger partial charge in [0.2, 0.25) is 0 Å². The Morgan fingerprint density at radius 1 is 1.21 bits per heavy atom. The van der Waals surface area contributed by atoms with Gasteiger partial charge in [0.05, 0.1) is 29.5 Å². The summed E-state index contributed by atoms with van der Waals surface area (Å²) in [6, 6.07) is 10.2. The second-order valence-corrected chi connectivity index (χ2v) is 9.10. The number of carbonyl (C=O) groups is 1. The first-order chi connectivity index (χ1) is 16.2. The number of benzene rings is 2. The number of ether oxygens (including phenoxy) is 1. The fraction of sp³-hybridized carbons (Fsp3) is 0.375. The normalized spacial score (nSPS) is 21.2. The van der Waals surface area contributed by atoms with Crippen LogP contribution in [0, 0.1) is 11.3 Å². The minimum Gasteiger partial charge on any atom is -0.488 e. The summed E-state index contributed by atoms with van der Waals surface area (Å²) >= 11 is 5.66. The van der Waals surface area contributed by atoms with E-state index in [0.717, 1.165) is 29.0 Å². The van der Waals surface area contributed by atoms with E-state index < -0.39 is 22.8 Å². The maximum atomic E-state index is 13.6. The van der Waals surface area contributed by atoms with Gasteiger partial charge in [-0.3, -0.25) is 9.69 Å².